The Morgan fingerprint density at radius 1 is 1.17 bits per heavy atom. The molecule has 0 unspecified atom stereocenters. The fourth-order valence-electron chi connectivity index (χ4n) is 6.94. The molecule has 23 heavy (non-hydrogen) atoms. The molecule has 4 aliphatic carbocycles. The highest BCUT2D eigenvalue weighted by molar-refractivity contribution is 6.01. The summed E-state index contributed by atoms with van der Waals surface area (Å²) >= 11 is 0. The Hall–Kier alpha value is -0.890. The Bertz CT molecular complexity index is 574. The molecule has 0 saturated heterocycles. The number of rotatable bonds is 2. The lowest BCUT2D eigenvalue weighted by molar-refractivity contribution is -0.111. The molecular formula is C21H30O2. The second kappa shape index (κ2) is 5.31. The maximum Gasteiger partial charge on any atom is 0.178 e. The third-order valence-electron chi connectivity index (χ3n) is 8.23. The van der Waals surface area contributed by atoms with Crippen molar-refractivity contribution >= 4 is 5.78 Å². The summed E-state index contributed by atoms with van der Waals surface area (Å²) in [6.07, 6.45) is 14.5. The van der Waals surface area contributed by atoms with E-state index in [2.05, 4.69) is 19.9 Å². The summed E-state index contributed by atoms with van der Waals surface area (Å²) in [6.45, 7) is 5.23. The van der Waals surface area contributed by atoms with Gasteiger partial charge in [-0.1, -0.05) is 25.5 Å². The summed E-state index contributed by atoms with van der Waals surface area (Å²) < 4.78 is 0. The van der Waals surface area contributed by atoms with E-state index in [1.165, 1.54) is 37.7 Å². The van der Waals surface area contributed by atoms with Gasteiger partial charge in [0, 0.05) is 12.0 Å². The number of carbonyl (C=O) groups excluding carboxylic acids is 1. The maximum absolute atomic E-state index is 11.8. The van der Waals surface area contributed by atoms with Crippen LogP contribution in [0.1, 0.15) is 58.8 Å². The van der Waals surface area contributed by atoms with E-state index in [4.69, 9.17) is 0 Å². The second-order valence-electron chi connectivity index (χ2n) is 8.93. The molecule has 0 heterocycles. The predicted octanol–water partition coefficient (Wildman–Crippen LogP) is 4.29. The van der Waals surface area contributed by atoms with E-state index in [-0.39, 0.29) is 11.2 Å². The van der Waals surface area contributed by atoms with Crippen molar-refractivity contribution in [1.82, 2.24) is 0 Å². The smallest absolute Gasteiger partial charge is 0.178 e. The number of hydrogen-bond donors (Lipinski definition) is 1. The zero-order valence-corrected chi connectivity index (χ0v) is 14.6. The largest absolute Gasteiger partial charge is 0.396 e. The minimum absolute atomic E-state index is 0.118. The van der Waals surface area contributed by atoms with Crippen LogP contribution >= 0.6 is 0 Å². The molecule has 2 nitrogen and oxygen atoms in total. The molecule has 1 N–H and O–H groups in total. The summed E-state index contributed by atoms with van der Waals surface area (Å²) in [6, 6.07) is 0. The Labute approximate surface area is 140 Å². The van der Waals surface area contributed by atoms with E-state index >= 15 is 0 Å². The first-order chi connectivity index (χ1) is 11.0. The van der Waals surface area contributed by atoms with Crippen molar-refractivity contribution in [3.05, 3.63) is 23.8 Å². The van der Waals surface area contributed by atoms with Crippen LogP contribution in [0.2, 0.25) is 0 Å². The number of ketones is 1. The number of aliphatic hydroxyl groups is 1. The van der Waals surface area contributed by atoms with Crippen LogP contribution < -0.4 is 0 Å². The number of allylic oxidation sites excluding steroid dienone is 4. The van der Waals surface area contributed by atoms with Gasteiger partial charge < -0.3 is 5.11 Å². The summed E-state index contributed by atoms with van der Waals surface area (Å²) in [4.78, 5) is 11.8. The Balaban J connectivity index is 1.64. The molecule has 0 amide bonds. The fraction of sp³-hybridized carbons (Fsp3) is 0.762. The molecule has 0 radical (unpaired) electrons. The number of fused-ring (bicyclic) bond motifs is 5. The minimum atomic E-state index is 0.118. The Morgan fingerprint density at radius 2 is 2.00 bits per heavy atom. The van der Waals surface area contributed by atoms with Crippen molar-refractivity contribution in [2.24, 2.45) is 34.5 Å². The fourth-order valence-corrected chi connectivity index (χ4v) is 6.94. The third kappa shape index (κ3) is 2.13. The average Bonchev–Trinajstić information content (AvgIpc) is 2.85. The normalized spacial score (nSPS) is 48.5. The zero-order valence-electron chi connectivity index (χ0n) is 14.6. The van der Waals surface area contributed by atoms with E-state index in [9.17, 15) is 9.90 Å². The van der Waals surface area contributed by atoms with E-state index in [1.807, 2.05) is 12.2 Å². The van der Waals surface area contributed by atoms with Crippen LogP contribution in [0.25, 0.3) is 0 Å². The molecule has 0 spiro atoms. The van der Waals surface area contributed by atoms with Gasteiger partial charge in [-0.25, -0.2) is 0 Å². The molecular weight excluding hydrogens is 284 g/mol. The highest BCUT2D eigenvalue weighted by Crippen LogP contribution is 2.66. The monoisotopic (exact) mass is 314 g/mol. The molecule has 3 saturated carbocycles. The summed E-state index contributed by atoms with van der Waals surface area (Å²) in [5.41, 5.74) is 1.95. The highest BCUT2D eigenvalue weighted by atomic mass is 16.3. The molecule has 2 heteroatoms. The maximum atomic E-state index is 11.8. The van der Waals surface area contributed by atoms with Crippen LogP contribution in [0, 0.1) is 34.5 Å². The Kier molecular flexibility index (Phi) is 3.61. The topological polar surface area (TPSA) is 37.3 Å². The lowest BCUT2D eigenvalue weighted by Gasteiger charge is -2.57. The first-order valence-electron chi connectivity index (χ1n) is 9.54. The molecule has 0 aromatic carbocycles. The molecule has 4 aliphatic rings. The van der Waals surface area contributed by atoms with Gasteiger partial charge in [0.15, 0.2) is 5.78 Å². The minimum Gasteiger partial charge on any atom is -0.396 e. The lowest BCUT2D eigenvalue weighted by Crippen LogP contribution is -2.49. The van der Waals surface area contributed by atoms with Crippen molar-refractivity contribution in [2.75, 3.05) is 6.61 Å². The van der Waals surface area contributed by atoms with Gasteiger partial charge in [0.25, 0.3) is 0 Å². The SMILES string of the molecule is C[C@]12CC[C@H]3[C@@H](CCC4=CC(=O)C=C[C@@]43C)[C@@H]1CC[C@@H]2CCO. The van der Waals surface area contributed by atoms with Crippen LogP contribution in [0.4, 0.5) is 0 Å². The Morgan fingerprint density at radius 3 is 2.78 bits per heavy atom. The van der Waals surface area contributed by atoms with Gasteiger partial charge >= 0.3 is 0 Å². The van der Waals surface area contributed by atoms with Crippen LogP contribution in [-0.2, 0) is 4.79 Å². The van der Waals surface area contributed by atoms with E-state index in [0.29, 0.717) is 23.9 Å². The van der Waals surface area contributed by atoms with Gasteiger partial charge in [0.05, 0.1) is 0 Å². The second-order valence-corrected chi connectivity index (χ2v) is 8.93. The molecule has 0 aromatic rings. The standard InChI is InChI=1S/C21H30O2/c1-20-11-8-19-17(18(20)6-4-14(20)9-12-22)5-3-15-13-16(23)7-10-21(15,19)2/h7,10,13-14,17-19,22H,3-6,8-9,11-12H2,1-2H3/t14-,17+,18+,19+,20-,21+/m1/s1. The van der Waals surface area contributed by atoms with E-state index < -0.39 is 0 Å². The molecule has 0 bridgehead atoms. The summed E-state index contributed by atoms with van der Waals surface area (Å²) in [5, 5.41) is 9.44. The van der Waals surface area contributed by atoms with Crippen LogP contribution in [0.3, 0.4) is 0 Å². The first-order valence-corrected chi connectivity index (χ1v) is 9.54. The molecule has 126 valence electrons. The number of hydrogen-bond acceptors (Lipinski definition) is 2. The van der Waals surface area contributed by atoms with Crippen molar-refractivity contribution < 1.29 is 9.90 Å². The lowest BCUT2D eigenvalue weighted by atomic mass is 9.47. The van der Waals surface area contributed by atoms with Crippen LogP contribution in [0.5, 0.6) is 0 Å². The van der Waals surface area contributed by atoms with Gasteiger partial charge in [-0.15, -0.1) is 0 Å². The van der Waals surface area contributed by atoms with Crippen molar-refractivity contribution in [2.45, 2.75) is 58.8 Å². The first kappa shape index (κ1) is 15.6. The number of aliphatic hydroxyl groups excluding tert-OH is 1. The van der Waals surface area contributed by atoms with Crippen molar-refractivity contribution in [3.63, 3.8) is 0 Å². The van der Waals surface area contributed by atoms with Crippen LogP contribution in [0.15, 0.2) is 23.8 Å². The van der Waals surface area contributed by atoms with Gasteiger partial charge in [-0.2, -0.15) is 0 Å². The quantitative estimate of drug-likeness (QED) is 0.825. The van der Waals surface area contributed by atoms with Crippen LogP contribution in [-0.4, -0.2) is 17.5 Å². The average molecular weight is 314 g/mol. The van der Waals surface area contributed by atoms with Gasteiger partial charge in [-0.05, 0) is 86.2 Å². The zero-order chi connectivity index (χ0) is 16.2. The van der Waals surface area contributed by atoms with E-state index in [1.54, 1.807) is 0 Å². The summed E-state index contributed by atoms with van der Waals surface area (Å²) in [5.74, 6) is 3.23. The molecule has 3 fully saturated rings. The number of carbonyl (C=O) groups is 1. The molecule has 6 atom stereocenters. The third-order valence-corrected chi connectivity index (χ3v) is 8.23. The molecule has 4 rings (SSSR count). The van der Waals surface area contributed by atoms with Gasteiger partial charge in [-0.3, -0.25) is 4.79 Å². The molecule has 0 aliphatic heterocycles. The van der Waals surface area contributed by atoms with Crippen molar-refractivity contribution in [1.29, 1.82) is 0 Å². The highest BCUT2D eigenvalue weighted by Gasteiger charge is 2.58. The van der Waals surface area contributed by atoms with Crippen molar-refractivity contribution in [3.8, 4) is 0 Å². The van der Waals surface area contributed by atoms with Gasteiger partial charge in [0.1, 0.15) is 0 Å². The molecule has 0 aromatic heterocycles. The summed E-state index contributed by atoms with van der Waals surface area (Å²) in [7, 11) is 0. The van der Waals surface area contributed by atoms with E-state index in [0.717, 1.165) is 24.7 Å². The predicted molar refractivity (Wildman–Crippen MR) is 91.8 cm³/mol. The van der Waals surface area contributed by atoms with Gasteiger partial charge in [0.2, 0.25) is 0 Å².